The summed E-state index contributed by atoms with van der Waals surface area (Å²) >= 11 is 3.41. The maximum absolute atomic E-state index is 11.7. The van der Waals surface area contributed by atoms with Crippen LogP contribution < -0.4 is 10.2 Å². The average molecular weight is 389 g/mol. The molecule has 1 fully saturated rings. The molecule has 1 saturated heterocycles. The van der Waals surface area contributed by atoms with Gasteiger partial charge in [0.1, 0.15) is 0 Å². The summed E-state index contributed by atoms with van der Waals surface area (Å²) in [5, 5.41) is 12.9. The number of rotatable bonds is 4. The quantitative estimate of drug-likeness (QED) is 0.762. The molecule has 1 aliphatic heterocycles. The summed E-state index contributed by atoms with van der Waals surface area (Å²) in [7, 11) is 0. The number of carboxylic acids is 1. The monoisotopic (exact) mass is 388 g/mol. The normalized spacial score (nSPS) is 15.3. The lowest BCUT2D eigenvalue weighted by Crippen LogP contribution is -2.33. The Balaban J connectivity index is 1.84. The van der Waals surface area contributed by atoms with E-state index in [0.29, 0.717) is 11.5 Å². The number of carbonyl (C=O) groups is 1. The molecule has 0 saturated carbocycles. The second-order valence-corrected chi connectivity index (χ2v) is 7.25. The highest BCUT2D eigenvalue weighted by molar-refractivity contribution is 9.10. The Kier molecular flexibility index (Phi) is 5.09. The van der Waals surface area contributed by atoms with Gasteiger partial charge in [-0.05, 0) is 61.2 Å². The molecular weight excluding hydrogens is 368 g/mol. The molecule has 2 aromatic rings. The highest BCUT2D eigenvalue weighted by Crippen LogP contribution is 2.30. The Morgan fingerprint density at radius 1 is 1.12 bits per heavy atom. The van der Waals surface area contributed by atoms with E-state index in [9.17, 15) is 9.90 Å². The topological polar surface area (TPSA) is 52.6 Å². The fraction of sp³-hybridized carbons (Fsp3) is 0.316. The van der Waals surface area contributed by atoms with Crippen LogP contribution in [-0.4, -0.2) is 24.2 Å². The van der Waals surface area contributed by atoms with Crippen molar-refractivity contribution in [1.29, 1.82) is 0 Å². The molecule has 4 nitrogen and oxygen atoms in total. The van der Waals surface area contributed by atoms with E-state index in [-0.39, 0.29) is 0 Å². The highest BCUT2D eigenvalue weighted by atomic mass is 79.9. The first kappa shape index (κ1) is 16.8. The van der Waals surface area contributed by atoms with Gasteiger partial charge in [-0.1, -0.05) is 22.9 Å². The van der Waals surface area contributed by atoms with Gasteiger partial charge in [-0.2, -0.15) is 0 Å². The molecule has 1 heterocycles. The third-order valence-electron chi connectivity index (χ3n) is 4.48. The van der Waals surface area contributed by atoms with Gasteiger partial charge in [0.05, 0.1) is 11.3 Å². The number of nitrogens with one attached hydrogen (secondary N) is 1. The molecule has 2 N–H and O–H groups in total. The summed E-state index contributed by atoms with van der Waals surface area (Å²) in [5.74, 6) is -0.170. The van der Waals surface area contributed by atoms with Crippen LogP contribution in [-0.2, 0) is 0 Å². The molecular formula is C19H21BrN2O2. The van der Waals surface area contributed by atoms with Crippen LogP contribution in [0.15, 0.2) is 46.9 Å². The van der Waals surface area contributed by atoms with Crippen molar-refractivity contribution in [3.63, 3.8) is 0 Å². The number of hydrogen-bond donors (Lipinski definition) is 2. The van der Waals surface area contributed by atoms with Crippen molar-refractivity contribution in [2.75, 3.05) is 23.3 Å². The predicted molar refractivity (Wildman–Crippen MR) is 101 cm³/mol. The van der Waals surface area contributed by atoms with Gasteiger partial charge in [0.15, 0.2) is 0 Å². The summed E-state index contributed by atoms with van der Waals surface area (Å²) in [5.41, 5.74) is 2.88. The molecule has 0 bridgehead atoms. The first-order valence-corrected chi connectivity index (χ1v) is 8.97. The third kappa shape index (κ3) is 3.90. The van der Waals surface area contributed by atoms with Crippen LogP contribution >= 0.6 is 15.9 Å². The van der Waals surface area contributed by atoms with E-state index in [0.717, 1.165) is 47.5 Å². The van der Waals surface area contributed by atoms with Gasteiger partial charge in [0.2, 0.25) is 0 Å². The number of piperidine rings is 1. The number of benzene rings is 2. The van der Waals surface area contributed by atoms with Crippen LogP contribution in [0.5, 0.6) is 0 Å². The van der Waals surface area contributed by atoms with Crippen LogP contribution in [0.4, 0.5) is 17.1 Å². The van der Waals surface area contributed by atoms with Crippen molar-refractivity contribution in [3.8, 4) is 0 Å². The van der Waals surface area contributed by atoms with Crippen molar-refractivity contribution in [3.05, 3.63) is 52.5 Å². The molecule has 0 aromatic heterocycles. The van der Waals surface area contributed by atoms with Gasteiger partial charge in [0, 0.05) is 28.9 Å². The molecule has 0 atom stereocenters. The first-order valence-electron chi connectivity index (χ1n) is 8.18. The molecule has 3 rings (SSSR count). The first-order chi connectivity index (χ1) is 11.5. The molecule has 0 radical (unpaired) electrons. The third-order valence-corrected chi connectivity index (χ3v) is 5.01. The van der Waals surface area contributed by atoms with Crippen LogP contribution in [0.3, 0.4) is 0 Å². The summed E-state index contributed by atoms with van der Waals surface area (Å²) in [6.07, 6.45) is 2.22. The lowest BCUT2D eigenvalue weighted by Gasteiger charge is -2.33. The van der Waals surface area contributed by atoms with Crippen molar-refractivity contribution < 1.29 is 9.90 Å². The molecule has 24 heavy (non-hydrogen) atoms. The molecule has 0 aliphatic carbocycles. The van der Waals surface area contributed by atoms with Crippen molar-refractivity contribution >= 4 is 39.0 Å². The van der Waals surface area contributed by atoms with Gasteiger partial charge in [-0.15, -0.1) is 0 Å². The molecule has 0 unspecified atom stereocenters. The summed E-state index contributed by atoms with van der Waals surface area (Å²) in [6.45, 7) is 4.09. The Hall–Kier alpha value is -2.01. The van der Waals surface area contributed by atoms with Crippen molar-refractivity contribution in [2.45, 2.75) is 19.8 Å². The number of nitrogens with zero attached hydrogens (tertiary/aromatic N) is 1. The Morgan fingerprint density at radius 3 is 2.38 bits per heavy atom. The number of halogens is 1. The number of aromatic carboxylic acids is 1. The van der Waals surface area contributed by atoms with E-state index in [4.69, 9.17) is 0 Å². The zero-order valence-electron chi connectivity index (χ0n) is 13.6. The molecule has 0 amide bonds. The molecule has 1 aliphatic rings. The van der Waals surface area contributed by atoms with Gasteiger partial charge < -0.3 is 15.3 Å². The standard InChI is InChI=1S/C19H21BrN2O2/c1-13-8-10-22(11-9-13)18-7-6-16(12-17(18)19(23)24)21-15-4-2-14(20)3-5-15/h2-7,12-13,21H,8-11H2,1H3,(H,23,24). The molecule has 2 aromatic carbocycles. The fourth-order valence-electron chi connectivity index (χ4n) is 3.01. The SMILES string of the molecule is CC1CCN(c2ccc(Nc3ccc(Br)cc3)cc2C(=O)O)CC1. The van der Waals surface area contributed by atoms with E-state index in [1.165, 1.54) is 0 Å². The highest BCUT2D eigenvalue weighted by Gasteiger charge is 2.21. The minimum Gasteiger partial charge on any atom is -0.478 e. The van der Waals surface area contributed by atoms with E-state index in [2.05, 4.69) is 33.1 Å². The second-order valence-electron chi connectivity index (χ2n) is 6.34. The van der Waals surface area contributed by atoms with E-state index in [1.54, 1.807) is 6.07 Å². The number of carboxylic acid groups (broad SMARTS) is 1. The predicted octanol–water partition coefficient (Wildman–Crippen LogP) is 5.13. The van der Waals surface area contributed by atoms with Crippen LogP contribution in [0.2, 0.25) is 0 Å². The van der Waals surface area contributed by atoms with Crippen LogP contribution in [0, 0.1) is 5.92 Å². The van der Waals surface area contributed by atoms with Crippen molar-refractivity contribution in [2.24, 2.45) is 5.92 Å². The van der Waals surface area contributed by atoms with Gasteiger partial charge in [-0.3, -0.25) is 0 Å². The Labute approximate surface area is 150 Å². The largest absolute Gasteiger partial charge is 0.478 e. The maximum atomic E-state index is 11.7. The van der Waals surface area contributed by atoms with E-state index < -0.39 is 5.97 Å². The summed E-state index contributed by atoms with van der Waals surface area (Å²) in [6, 6.07) is 13.4. The van der Waals surface area contributed by atoms with E-state index >= 15 is 0 Å². The smallest absolute Gasteiger partial charge is 0.337 e. The van der Waals surface area contributed by atoms with Gasteiger partial charge in [0.25, 0.3) is 0 Å². The maximum Gasteiger partial charge on any atom is 0.337 e. The van der Waals surface area contributed by atoms with Crippen LogP contribution in [0.1, 0.15) is 30.1 Å². The lowest BCUT2D eigenvalue weighted by molar-refractivity contribution is 0.0697. The Bertz CT molecular complexity index is 723. The van der Waals surface area contributed by atoms with Crippen LogP contribution in [0.25, 0.3) is 0 Å². The number of anilines is 3. The Morgan fingerprint density at radius 2 is 1.75 bits per heavy atom. The molecule has 5 heteroatoms. The van der Waals surface area contributed by atoms with E-state index in [1.807, 2.05) is 36.4 Å². The average Bonchev–Trinajstić information content (AvgIpc) is 2.58. The summed E-state index contributed by atoms with van der Waals surface area (Å²) < 4.78 is 1.01. The zero-order chi connectivity index (χ0) is 17.1. The van der Waals surface area contributed by atoms with Gasteiger partial charge >= 0.3 is 5.97 Å². The zero-order valence-corrected chi connectivity index (χ0v) is 15.2. The minimum atomic E-state index is -0.886. The second kappa shape index (κ2) is 7.26. The molecule has 126 valence electrons. The fourth-order valence-corrected chi connectivity index (χ4v) is 3.27. The molecule has 0 spiro atoms. The summed E-state index contributed by atoms with van der Waals surface area (Å²) in [4.78, 5) is 13.9. The minimum absolute atomic E-state index is 0.353. The van der Waals surface area contributed by atoms with Crippen molar-refractivity contribution in [1.82, 2.24) is 0 Å². The lowest BCUT2D eigenvalue weighted by atomic mass is 9.98. The van der Waals surface area contributed by atoms with Gasteiger partial charge in [-0.25, -0.2) is 4.79 Å². The number of hydrogen-bond acceptors (Lipinski definition) is 3.